The minimum absolute atomic E-state index is 0.118. The smallest absolute Gasteiger partial charge is 0.220 e. The van der Waals surface area contributed by atoms with Crippen LogP contribution in [0.2, 0.25) is 0 Å². The summed E-state index contributed by atoms with van der Waals surface area (Å²) in [6.07, 6.45) is 9.73. The van der Waals surface area contributed by atoms with Gasteiger partial charge >= 0.3 is 0 Å². The summed E-state index contributed by atoms with van der Waals surface area (Å²) in [6, 6.07) is 3.88. The van der Waals surface area contributed by atoms with E-state index in [0.717, 1.165) is 31.2 Å². The van der Waals surface area contributed by atoms with Crippen molar-refractivity contribution in [2.24, 2.45) is 5.92 Å². The number of pyridine rings is 1. The molecule has 22 heavy (non-hydrogen) atoms. The lowest BCUT2D eigenvalue weighted by molar-refractivity contribution is -0.122. The monoisotopic (exact) mass is 304 g/mol. The van der Waals surface area contributed by atoms with Gasteiger partial charge in [0, 0.05) is 25.2 Å². The molecule has 4 heteroatoms. The summed E-state index contributed by atoms with van der Waals surface area (Å²) in [5, 5.41) is 2.96. The minimum Gasteiger partial charge on any atom is -0.474 e. The Morgan fingerprint density at radius 2 is 2.18 bits per heavy atom. The summed E-state index contributed by atoms with van der Waals surface area (Å²) >= 11 is 0. The van der Waals surface area contributed by atoms with Crippen LogP contribution in [-0.2, 0) is 11.3 Å². The summed E-state index contributed by atoms with van der Waals surface area (Å²) < 4.78 is 5.84. The lowest BCUT2D eigenvalue weighted by Gasteiger charge is -2.13. The Kier molecular flexibility index (Phi) is 6.69. The van der Waals surface area contributed by atoms with E-state index in [0.29, 0.717) is 30.9 Å². The van der Waals surface area contributed by atoms with Crippen LogP contribution in [0.5, 0.6) is 5.88 Å². The van der Waals surface area contributed by atoms with Gasteiger partial charge in [-0.1, -0.05) is 32.8 Å². The van der Waals surface area contributed by atoms with Crippen molar-refractivity contribution in [3.8, 4) is 5.88 Å². The molecule has 0 spiro atoms. The molecule has 1 saturated carbocycles. The Bertz CT molecular complexity index is 453. The van der Waals surface area contributed by atoms with Crippen LogP contribution in [0.25, 0.3) is 0 Å². The van der Waals surface area contributed by atoms with Crippen LogP contribution < -0.4 is 10.1 Å². The van der Waals surface area contributed by atoms with Gasteiger partial charge in [-0.25, -0.2) is 4.98 Å². The van der Waals surface area contributed by atoms with Crippen molar-refractivity contribution in [1.29, 1.82) is 0 Å². The van der Waals surface area contributed by atoms with Gasteiger partial charge < -0.3 is 10.1 Å². The number of carbonyl (C=O) groups is 1. The fourth-order valence-corrected chi connectivity index (χ4v) is 2.95. The average molecular weight is 304 g/mol. The van der Waals surface area contributed by atoms with Gasteiger partial charge in [-0.05, 0) is 37.2 Å². The molecule has 1 heterocycles. The first-order valence-corrected chi connectivity index (χ1v) is 8.55. The van der Waals surface area contributed by atoms with E-state index in [9.17, 15) is 4.79 Å². The number of carbonyl (C=O) groups excluding carboxylic acids is 1. The number of hydrogen-bond donors (Lipinski definition) is 1. The summed E-state index contributed by atoms with van der Waals surface area (Å²) in [5.74, 6) is 1.26. The molecule has 0 saturated heterocycles. The quantitative estimate of drug-likeness (QED) is 0.793. The second-order valence-corrected chi connectivity index (χ2v) is 6.40. The number of nitrogens with one attached hydrogen (secondary N) is 1. The molecule has 1 aromatic rings. The molecule has 1 atom stereocenters. The second-order valence-electron chi connectivity index (χ2n) is 6.40. The molecule has 1 N–H and O–H groups in total. The highest BCUT2D eigenvalue weighted by Crippen LogP contribution is 2.22. The summed E-state index contributed by atoms with van der Waals surface area (Å²) in [7, 11) is 0. The zero-order valence-corrected chi connectivity index (χ0v) is 13.8. The molecule has 0 aromatic carbocycles. The van der Waals surface area contributed by atoms with Crippen LogP contribution >= 0.6 is 0 Å². The first kappa shape index (κ1) is 16.8. The molecule has 1 aliphatic rings. The highest BCUT2D eigenvalue weighted by atomic mass is 16.5. The van der Waals surface area contributed by atoms with Crippen LogP contribution in [0, 0.1) is 5.92 Å². The number of amides is 1. The summed E-state index contributed by atoms with van der Waals surface area (Å²) in [5.41, 5.74) is 1.01. The molecule has 0 bridgehead atoms. The minimum atomic E-state index is 0.118. The van der Waals surface area contributed by atoms with E-state index < -0.39 is 0 Å². The molecule has 1 aliphatic carbocycles. The van der Waals surface area contributed by atoms with Gasteiger partial charge in [-0.15, -0.1) is 0 Å². The van der Waals surface area contributed by atoms with E-state index in [-0.39, 0.29) is 5.91 Å². The Balaban J connectivity index is 1.72. The van der Waals surface area contributed by atoms with E-state index in [1.807, 2.05) is 12.1 Å². The van der Waals surface area contributed by atoms with E-state index in [1.165, 1.54) is 12.8 Å². The lowest BCUT2D eigenvalue weighted by atomic mass is 10.0. The predicted molar refractivity (Wildman–Crippen MR) is 87.7 cm³/mol. The van der Waals surface area contributed by atoms with Crippen LogP contribution in [0.1, 0.15) is 64.4 Å². The van der Waals surface area contributed by atoms with Crippen molar-refractivity contribution < 1.29 is 9.53 Å². The molecule has 1 aromatic heterocycles. The zero-order chi connectivity index (χ0) is 15.8. The van der Waals surface area contributed by atoms with Gasteiger partial charge in [-0.2, -0.15) is 0 Å². The van der Waals surface area contributed by atoms with E-state index in [2.05, 4.69) is 24.1 Å². The van der Waals surface area contributed by atoms with Crippen LogP contribution in [0.3, 0.4) is 0 Å². The molecule has 0 aliphatic heterocycles. The van der Waals surface area contributed by atoms with Gasteiger partial charge in [0.25, 0.3) is 0 Å². The molecule has 1 amide bonds. The molecule has 1 fully saturated rings. The Morgan fingerprint density at radius 3 is 2.82 bits per heavy atom. The van der Waals surface area contributed by atoms with Crippen LogP contribution in [0.4, 0.5) is 0 Å². The number of hydrogen-bond acceptors (Lipinski definition) is 3. The maximum Gasteiger partial charge on any atom is 0.220 e. The zero-order valence-electron chi connectivity index (χ0n) is 13.8. The summed E-state index contributed by atoms with van der Waals surface area (Å²) in [4.78, 5) is 16.2. The molecular formula is C18H28N2O2. The molecule has 0 radical (unpaired) electrons. The van der Waals surface area contributed by atoms with Crippen LogP contribution in [0.15, 0.2) is 18.3 Å². The highest BCUT2D eigenvalue weighted by molar-refractivity contribution is 5.76. The maximum absolute atomic E-state index is 11.8. The standard InChI is InChI=1S/C18H28N2O2/c1-3-6-14(2)11-17(21)19-12-15-9-10-18(20-13-15)22-16-7-4-5-8-16/h9-10,13-14,16H,3-8,11-12H2,1-2H3,(H,19,21). The van der Waals surface area contributed by atoms with E-state index in [1.54, 1.807) is 6.20 Å². The van der Waals surface area contributed by atoms with E-state index >= 15 is 0 Å². The third-order valence-electron chi connectivity index (χ3n) is 4.19. The summed E-state index contributed by atoms with van der Waals surface area (Å²) in [6.45, 7) is 4.81. The highest BCUT2D eigenvalue weighted by Gasteiger charge is 2.16. The SMILES string of the molecule is CCCC(C)CC(=O)NCc1ccc(OC2CCCC2)nc1. The van der Waals surface area contributed by atoms with Gasteiger partial charge in [0.1, 0.15) is 6.10 Å². The fourth-order valence-electron chi connectivity index (χ4n) is 2.95. The van der Waals surface area contributed by atoms with Gasteiger partial charge in [-0.3, -0.25) is 4.79 Å². The number of nitrogens with zero attached hydrogens (tertiary/aromatic N) is 1. The Labute approximate surface area is 133 Å². The van der Waals surface area contributed by atoms with Crippen molar-refractivity contribution in [2.75, 3.05) is 0 Å². The number of rotatable bonds is 8. The van der Waals surface area contributed by atoms with Crippen molar-refractivity contribution in [3.63, 3.8) is 0 Å². The maximum atomic E-state index is 11.8. The van der Waals surface area contributed by atoms with Gasteiger partial charge in [0.05, 0.1) is 0 Å². The molecule has 122 valence electrons. The topological polar surface area (TPSA) is 51.2 Å². The fraction of sp³-hybridized carbons (Fsp3) is 0.667. The van der Waals surface area contributed by atoms with Gasteiger partial charge in [0.15, 0.2) is 0 Å². The Morgan fingerprint density at radius 1 is 1.41 bits per heavy atom. The predicted octanol–water partition coefficient (Wildman–Crippen LogP) is 3.85. The molecule has 2 rings (SSSR count). The Hall–Kier alpha value is -1.58. The normalized spacial score (nSPS) is 16.5. The van der Waals surface area contributed by atoms with Crippen molar-refractivity contribution >= 4 is 5.91 Å². The second kappa shape index (κ2) is 8.76. The number of aromatic nitrogens is 1. The largest absolute Gasteiger partial charge is 0.474 e. The molecule has 1 unspecified atom stereocenters. The third-order valence-corrected chi connectivity index (χ3v) is 4.19. The van der Waals surface area contributed by atoms with Crippen molar-refractivity contribution in [1.82, 2.24) is 10.3 Å². The molecule has 4 nitrogen and oxygen atoms in total. The van der Waals surface area contributed by atoms with E-state index in [4.69, 9.17) is 4.74 Å². The average Bonchev–Trinajstić information content (AvgIpc) is 3.00. The van der Waals surface area contributed by atoms with Gasteiger partial charge in [0.2, 0.25) is 11.8 Å². The number of ether oxygens (including phenoxy) is 1. The lowest BCUT2D eigenvalue weighted by Crippen LogP contribution is -2.24. The molecular weight excluding hydrogens is 276 g/mol. The first-order valence-electron chi connectivity index (χ1n) is 8.55. The van der Waals surface area contributed by atoms with Crippen molar-refractivity contribution in [2.45, 2.75) is 71.4 Å². The third kappa shape index (κ3) is 5.66. The van der Waals surface area contributed by atoms with Crippen molar-refractivity contribution in [3.05, 3.63) is 23.9 Å². The first-order chi connectivity index (χ1) is 10.7. The van der Waals surface area contributed by atoms with Crippen LogP contribution in [-0.4, -0.2) is 17.0 Å².